The molecular formula is C9H10N5O4P. The lowest BCUT2D eigenvalue weighted by atomic mass is 10.5. The van der Waals surface area contributed by atoms with Crippen LogP contribution in [0.1, 0.15) is 6.42 Å². The second kappa shape index (κ2) is 6.04. The van der Waals surface area contributed by atoms with E-state index in [-0.39, 0.29) is 25.0 Å². The first-order valence-electron chi connectivity index (χ1n) is 5.21. The Labute approximate surface area is 108 Å². The molecule has 0 bridgehead atoms. The summed E-state index contributed by atoms with van der Waals surface area (Å²) in [5.74, 6) is 0. The smallest absolute Gasteiger partial charge is 0.361 e. The van der Waals surface area contributed by atoms with Crippen LogP contribution in [0.15, 0.2) is 24.8 Å². The molecule has 0 saturated heterocycles. The molecule has 10 heteroatoms. The predicted molar refractivity (Wildman–Crippen MR) is 62.2 cm³/mol. The monoisotopic (exact) mass is 283 g/mol. The van der Waals surface area contributed by atoms with Crippen LogP contribution in [-0.4, -0.2) is 26.5 Å². The third-order valence-corrected chi connectivity index (χ3v) is 3.10. The van der Waals surface area contributed by atoms with Crippen molar-refractivity contribution in [3.63, 3.8) is 0 Å². The van der Waals surface area contributed by atoms with Crippen LogP contribution < -0.4 is 9.05 Å². The van der Waals surface area contributed by atoms with Gasteiger partial charge in [0.15, 0.2) is 0 Å². The zero-order valence-electron chi connectivity index (χ0n) is 9.65. The Morgan fingerprint density at radius 3 is 2.21 bits per heavy atom. The summed E-state index contributed by atoms with van der Waals surface area (Å²) in [7, 11) is -3.97. The van der Waals surface area contributed by atoms with Crippen LogP contribution in [0.2, 0.25) is 0 Å². The number of nitriles is 1. The van der Waals surface area contributed by atoms with Crippen LogP contribution in [0.25, 0.3) is 0 Å². The summed E-state index contributed by atoms with van der Waals surface area (Å²) in [6, 6.07) is 1.81. The quantitative estimate of drug-likeness (QED) is 0.584. The molecular weight excluding hydrogens is 273 g/mol. The highest BCUT2D eigenvalue weighted by molar-refractivity contribution is 7.49. The Hall–Kier alpha value is -2.30. The lowest BCUT2D eigenvalue weighted by Gasteiger charge is -2.15. The average molecular weight is 283 g/mol. The van der Waals surface area contributed by atoms with Gasteiger partial charge in [-0.2, -0.15) is 5.26 Å². The van der Waals surface area contributed by atoms with E-state index >= 15 is 0 Å². The zero-order chi connectivity index (χ0) is 13.6. The number of hydrogen-bond donors (Lipinski definition) is 2. The van der Waals surface area contributed by atoms with E-state index in [0.717, 1.165) is 0 Å². The molecule has 0 aliphatic heterocycles. The summed E-state index contributed by atoms with van der Waals surface area (Å²) in [5.41, 5.74) is 0. The highest BCUT2D eigenvalue weighted by atomic mass is 31.2. The number of phosphoric ester groups is 1. The molecule has 0 aromatic carbocycles. The molecule has 2 aromatic rings. The van der Waals surface area contributed by atoms with Crippen molar-refractivity contribution in [2.24, 2.45) is 0 Å². The largest absolute Gasteiger partial charge is 0.592 e. The number of hydrogen-bond acceptors (Lipinski definition) is 7. The maximum Gasteiger partial charge on any atom is 0.592 e. The van der Waals surface area contributed by atoms with Gasteiger partial charge in [-0.25, -0.2) is 14.5 Å². The number of H-pyrrole nitrogens is 2. The Bertz CT molecular complexity index is 536. The van der Waals surface area contributed by atoms with Gasteiger partial charge < -0.3 is 19.0 Å². The van der Waals surface area contributed by atoms with Crippen molar-refractivity contribution in [1.29, 1.82) is 5.26 Å². The molecule has 19 heavy (non-hydrogen) atoms. The van der Waals surface area contributed by atoms with Gasteiger partial charge in [-0.15, -0.1) is 0 Å². The summed E-state index contributed by atoms with van der Waals surface area (Å²) < 4.78 is 27.4. The van der Waals surface area contributed by atoms with Gasteiger partial charge >= 0.3 is 19.8 Å². The number of aromatic amines is 2. The molecule has 0 spiro atoms. The first-order chi connectivity index (χ1) is 9.22. The molecule has 0 aliphatic carbocycles. The van der Waals surface area contributed by atoms with Gasteiger partial charge in [0.05, 0.1) is 19.1 Å². The fourth-order valence-electron chi connectivity index (χ4n) is 1.09. The van der Waals surface area contributed by atoms with Crippen LogP contribution >= 0.6 is 7.82 Å². The van der Waals surface area contributed by atoms with Crippen molar-refractivity contribution < 1.29 is 18.1 Å². The second-order valence-electron chi connectivity index (χ2n) is 3.16. The molecule has 0 saturated carbocycles. The van der Waals surface area contributed by atoms with E-state index in [1.807, 2.05) is 6.07 Å². The van der Waals surface area contributed by atoms with Gasteiger partial charge in [0.25, 0.3) is 0 Å². The van der Waals surface area contributed by atoms with E-state index in [9.17, 15) is 4.57 Å². The molecule has 0 unspecified atom stereocenters. The van der Waals surface area contributed by atoms with E-state index < -0.39 is 7.82 Å². The van der Waals surface area contributed by atoms with Crippen molar-refractivity contribution in [2.75, 3.05) is 6.61 Å². The van der Waals surface area contributed by atoms with Crippen LogP contribution in [0.3, 0.4) is 0 Å². The Morgan fingerprint density at radius 1 is 1.21 bits per heavy atom. The highest BCUT2D eigenvalue weighted by Crippen LogP contribution is 2.47. The van der Waals surface area contributed by atoms with E-state index in [4.69, 9.17) is 18.8 Å². The molecule has 2 N–H and O–H groups in total. The summed E-state index contributed by atoms with van der Waals surface area (Å²) in [4.78, 5) is 12.7. The number of rotatable bonds is 7. The van der Waals surface area contributed by atoms with Gasteiger partial charge in [0, 0.05) is 24.8 Å². The number of aromatic nitrogens is 4. The molecule has 100 valence electrons. The van der Waals surface area contributed by atoms with Crippen molar-refractivity contribution in [2.45, 2.75) is 6.42 Å². The maximum absolute atomic E-state index is 12.3. The number of imidazole rings is 2. The Morgan fingerprint density at radius 2 is 1.79 bits per heavy atom. The first-order valence-corrected chi connectivity index (χ1v) is 6.67. The lowest BCUT2D eigenvalue weighted by Crippen LogP contribution is -2.07. The van der Waals surface area contributed by atoms with E-state index in [0.29, 0.717) is 0 Å². The van der Waals surface area contributed by atoms with Gasteiger partial charge in [-0.1, -0.05) is 0 Å². The molecule has 0 aliphatic rings. The summed E-state index contributed by atoms with van der Waals surface area (Å²) in [6.45, 7) is -0.102. The number of nitrogens with zero attached hydrogens (tertiary/aromatic N) is 3. The minimum absolute atomic E-state index is 0.0214. The van der Waals surface area contributed by atoms with Crippen molar-refractivity contribution in [3.8, 4) is 18.1 Å². The molecule has 2 heterocycles. The van der Waals surface area contributed by atoms with E-state index in [1.54, 1.807) is 0 Å². The van der Waals surface area contributed by atoms with Crippen LogP contribution in [0, 0.1) is 11.3 Å². The summed E-state index contributed by atoms with van der Waals surface area (Å²) in [5, 5.41) is 8.44. The molecule has 2 aromatic heterocycles. The van der Waals surface area contributed by atoms with Crippen LogP contribution in [0.5, 0.6) is 12.0 Å². The maximum atomic E-state index is 12.3. The van der Waals surface area contributed by atoms with Crippen LogP contribution in [0.4, 0.5) is 0 Å². The van der Waals surface area contributed by atoms with Gasteiger partial charge in [0.1, 0.15) is 0 Å². The summed E-state index contributed by atoms with van der Waals surface area (Å²) >= 11 is 0. The number of phosphoric acid groups is 1. The van der Waals surface area contributed by atoms with Crippen molar-refractivity contribution in [1.82, 2.24) is 19.9 Å². The predicted octanol–water partition coefficient (Wildman–Crippen LogP) is 1.63. The molecule has 9 nitrogen and oxygen atoms in total. The normalized spacial score (nSPS) is 10.9. The molecule has 0 amide bonds. The van der Waals surface area contributed by atoms with Gasteiger partial charge in [0.2, 0.25) is 0 Å². The fourth-order valence-corrected chi connectivity index (χ4v) is 2.17. The zero-order valence-corrected chi connectivity index (χ0v) is 10.5. The number of nitrogens with one attached hydrogen (secondary N) is 2. The third kappa shape index (κ3) is 3.84. The SMILES string of the molecule is N#CCCOP(=O)(Oc1ncc[nH]1)Oc1ncc[nH]1. The minimum atomic E-state index is -3.97. The standard InChI is InChI=1S/C9H10N5O4P/c10-2-1-7-16-19(15,17-8-11-3-4-12-8)18-9-13-5-6-14-9/h3-6H,1,7H2,(H,11,12)(H,13,14). The molecule has 0 atom stereocenters. The highest BCUT2D eigenvalue weighted by Gasteiger charge is 2.32. The van der Waals surface area contributed by atoms with Gasteiger partial charge in [-0.3, -0.25) is 4.52 Å². The molecule has 2 rings (SSSR count). The molecule has 0 fully saturated rings. The first kappa shape index (κ1) is 13.1. The second-order valence-corrected chi connectivity index (χ2v) is 4.68. The van der Waals surface area contributed by atoms with Gasteiger partial charge in [-0.05, 0) is 0 Å². The lowest BCUT2D eigenvalue weighted by molar-refractivity contribution is 0.206. The Balaban J connectivity index is 2.07. The summed E-state index contributed by atoms with van der Waals surface area (Å²) in [6.07, 6.45) is 5.86. The van der Waals surface area contributed by atoms with E-state index in [1.165, 1.54) is 24.8 Å². The van der Waals surface area contributed by atoms with Crippen molar-refractivity contribution >= 4 is 7.82 Å². The minimum Gasteiger partial charge on any atom is -0.361 e. The molecule has 0 radical (unpaired) electrons. The topological polar surface area (TPSA) is 126 Å². The third-order valence-electron chi connectivity index (χ3n) is 1.81. The van der Waals surface area contributed by atoms with Crippen molar-refractivity contribution in [3.05, 3.63) is 24.8 Å². The Kier molecular flexibility index (Phi) is 4.18. The van der Waals surface area contributed by atoms with E-state index in [2.05, 4.69) is 19.9 Å². The van der Waals surface area contributed by atoms with Crippen LogP contribution in [-0.2, 0) is 9.09 Å². The average Bonchev–Trinajstić information content (AvgIpc) is 3.03. The fraction of sp³-hybridized carbons (Fsp3) is 0.222.